The predicted molar refractivity (Wildman–Crippen MR) is 122 cm³/mol. The Morgan fingerprint density at radius 2 is 1.97 bits per heavy atom. The number of amidine groups is 1. The first-order chi connectivity index (χ1) is 15.6. The zero-order valence-electron chi connectivity index (χ0n) is 18.0. The molecule has 3 N–H and O–H groups in total. The summed E-state index contributed by atoms with van der Waals surface area (Å²) in [6.07, 6.45) is 1.54. The summed E-state index contributed by atoms with van der Waals surface area (Å²) in [4.78, 5) is 16.8. The molecular weight excluding hydrogens is 451 g/mol. The molecule has 0 unspecified atom stereocenters. The number of halogens is 3. The highest BCUT2D eigenvalue weighted by Gasteiger charge is 2.54. The Bertz CT molecular complexity index is 1310. The Labute approximate surface area is 192 Å². The molecule has 0 spiro atoms. The van der Waals surface area contributed by atoms with Crippen molar-refractivity contribution >= 4 is 39.3 Å². The number of aromatic nitrogens is 3. The van der Waals surface area contributed by atoms with Gasteiger partial charge >= 0.3 is 0 Å². The fraction of sp³-hybridized carbons (Fsp3) is 0.318. The Hall–Kier alpha value is -3.39. The molecule has 170 valence electrons. The Morgan fingerprint density at radius 3 is 2.67 bits per heavy atom. The Kier molecular flexibility index (Phi) is 5.66. The molecule has 0 bridgehead atoms. The van der Waals surface area contributed by atoms with Crippen molar-refractivity contribution < 1.29 is 13.2 Å². The molecule has 4 rings (SSSR count). The summed E-state index contributed by atoms with van der Waals surface area (Å²) in [5.41, 5.74) is 5.84. The van der Waals surface area contributed by atoms with Crippen LogP contribution in [0.15, 0.2) is 41.8 Å². The zero-order valence-corrected chi connectivity index (χ0v) is 18.8. The van der Waals surface area contributed by atoms with Crippen molar-refractivity contribution in [2.75, 3.05) is 5.32 Å². The molecule has 1 aliphatic rings. The topological polar surface area (TPSA) is 113 Å². The van der Waals surface area contributed by atoms with E-state index in [-0.39, 0.29) is 10.7 Å². The van der Waals surface area contributed by atoms with Crippen molar-refractivity contribution in [3.8, 4) is 6.07 Å². The van der Waals surface area contributed by atoms with Crippen LogP contribution in [0, 0.1) is 23.2 Å². The van der Waals surface area contributed by atoms with Crippen molar-refractivity contribution in [3.05, 3.63) is 53.9 Å². The van der Waals surface area contributed by atoms with E-state index >= 15 is 0 Å². The van der Waals surface area contributed by atoms with Crippen molar-refractivity contribution in [1.29, 1.82) is 5.26 Å². The van der Waals surface area contributed by atoms with Crippen molar-refractivity contribution in [2.24, 2.45) is 16.6 Å². The molecule has 0 aliphatic carbocycles. The number of anilines is 2. The molecule has 3 atom stereocenters. The van der Waals surface area contributed by atoms with Crippen LogP contribution >= 0.6 is 11.8 Å². The minimum absolute atomic E-state index is 0.0371. The quantitative estimate of drug-likeness (QED) is 0.530. The molecule has 1 aliphatic heterocycles. The standard InChI is InChI=1S/C22H20F3N7S/c1-11-21(2,32-20(27)33-22(11,3)19(24)25)15-7-14(10-30-17(15)23)31-18-16-13(4-5-28-18)6-12(8-26)9-29-16/h4-7,9-11,19H,1-3H3,(H2,27,32)(H,28,31)/t11-,21-,22-/m0/s1. The molecule has 11 heteroatoms. The van der Waals surface area contributed by atoms with Gasteiger partial charge in [-0.25, -0.2) is 18.7 Å². The van der Waals surface area contributed by atoms with Crippen molar-refractivity contribution in [2.45, 2.75) is 37.5 Å². The van der Waals surface area contributed by atoms with Gasteiger partial charge in [-0.1, -0.05) is 18.7 Å². The van der Waals surface area contributed by atoms with Crippen LogP contribution in [0.2, 0.25) is 0 Å². The van der Waals surface area contributed by atoms with E-state index in [2.05, 4.69) is 25.3 Å². The first-order valence-corrected chi connectivity index (χ1v) is 10.8. The van der Waals surface area contributed by atoms with Crippen LogP contribution in [0.25, 0.3) is 10.9 Å². The number of nitrogens with one attached hydrogen (secondary N) is 1. The van der Waals surface area contributed by atoms with Crippen molar-refractivity contribution in [1.82, 2.24) is 15.0 Å². The van der Waals surface area contributed by atoms with Crippen LogP contribution in [-0.4, -0.2) is 31.3 Å². The summed E-state index contributed by atoms with van der Waals surface area (Å²) >= 11 is 0.797. The van der Waals surface area contributed by atoms with Crippen LogP contribution in [0.3, 0.4) is 0 Å². The molecule has 7 nitrogen and oxygen atoms in total. The van der Waals surface area contributed by atoms with Gasteiger partial charge in [0.15, 0.2) is 11.0 Å². The van der Waals surface area contributed by atoms with Gasteiger partial charge in [-0.05, 0) is 32.0 Å². The second-order valence-electron chi connectivity index (χ2n) is 8.16. The Morgan fingerprint density at radius 1 is 1.21 bits per heavy atom. The van der Waals surface area contributed by atoms with Crippen molar-refractivity contribution in [3.63, 3.8) is 0 Å². The summed E-state index contributed by atoms with van der Waals surface area (Å²) in [7, 11) is 0. The van der Waals surface area contributed by atoms with Gasteiger partial charge in [0.25, 0.3) is 6.43 Å². The van der Waals surface area contributed by atoms with E-state index in [4.69, 9.17) is 11.0 Å². The highest BCUT2D eigenvalue weighted by atomic mass is 32.2. The summed E-state index contributed by atoms with van der Waals surface area (Å²) in [5, 5.41) is 12.8. The normalized spacial score (nSPS) is 25.0. The van der Waals surface area contributed by atoms with Gasteiger partial charge in [-0.3, -0.25) is 9.98 Å². The fourth-order valence-corrected chi connectivity index (χ4v) is 5.15. The van der Waals surface area contributed by atoms with E-state index in [0.717, 1.165) is 11.8 Å². The summed E-state index contributed by atoms with van der Waals surface area (Å²) in [6, 6.07) is 6.90. The van der Waals surface area contributed by atoms with E-state index in [1.807, 2.05) is 6.07 Å². The maximum absolute atomic E-state index is 14.9. The summed E-state index contributed by atoms with van der Waals surface area (Å²) < 4.78 is 41.3. The van der Waals surface area contributed by atoms with Crippen LogP contribution in [0.4, 0.5) is 24.7 Å². The molecule has 0 radical (unpaired) electrons. The monoisotopic (exact) mass is 471 g/mol. The molecule has 0 saturated heterocycles. The smallest absolute Gasteiger partial charge is 0.253 e. The number of aliphatic imine (C=N–C) groups is 1. The van der Waals surface area contributed by atoms with Crippen LogP contribution in [0.1, 0.15) is 31.9 Å². The van der Waals surface area contributed by atoms with Gasteiger partial charge in [0.1, 0.15) is 11.6 Å². The lowest BCUT2D eigenvalue weighted by Crippen LogP contribution is -2.52. The fourth-order valence-electron chi connectivity index (χ4n) is 3.97. The largest absolute Gasteiger partial charge is 0.378 e. The van der Waals surface area contributed by atoms with Crippen LogP contribution in [-0.2, 0) is 5.54 Å². The Balaban J connectivity index is 1.78. The lowest BCUT2D eigenvalue weighted by Gasteiger charge is -2.46. The molecule has 0 saturated carbocycles. The second-order valence-corrected chi connectivity index (χ2v) is 9.66. The van der Waals surface area contributed by atoms with Gasteiger partial charge in [-0.2, -0.15) is 9.65 Å². The third-order valence-corrected chi connectivity index (χ3v) is 7.45. The number of hydrogen-bond acceptors (Lipinski definition) is 8. The summed E-state index contributed by atoms with van der Waals surface area (Å²) in [6.45, 7) is 4.59. The van der Waals surface area contributed by atoms with E-state index < -0.39 is 28.6 Å². The molecular formula is C22H20F3N7S. The number of nitrogens with zero attached hydrogens (tertiary/aromatic N) is 5. The maximum atomic E-state index is 14.9. The van der Waals surface area contributed by atoms with E-state index in [0.29, 0.717) is 28.0 Å². The molecule has 33 heavy (non-hydrogen) atoms. The minimum atomic E-state index is -2.70. The number of rotatable bonds is 4. The third-order valence-electron chi connectivity index (χ3n) is 6.18. The second kappa shape index (κ2) is 8.19. The molecule has 0 fully saturated rings. The lowest BCUT2D eigenvalue weighted by atomic mass is 9.74. The number of nitrogens with two attached hydrogens (primary N) is 1. The van der Waals surface area contributed by atoms with E-state index in [1.54, 1.807) is 32.2 Å². The van der Waals surface area contributed by atoms with Gasteiger partial charge in [-0.15, -0.1) is 0 Å². The average Bonchev–Trinajstić information content (AvgIpc) is 2.78. The van der Waals surface area contributed by atoms with Gasteiger partial charge in [0.05, 0.1) is 27.7 Å². The van der Waals surface area contributed by atoms with E-state index in [1.165, 1.54) is 25.4 Å². The van der Waals surface area contributed by atoms with E-state index in [9.17, 15) is 13.2 Å². The molecule has 3 aromatic heterocycles. The average molecular weight is 472 g/mol. The van der Waals surface area contributed by atoms with Gasteiger partial charge in [0.2, 0.25) is 5.95 Å². The number of fused-ring (bicyclic) bond motifs is 1. The lowest BCUT2D eigenvalue weighted by molar-refractivity contribution is 0.0571. The maximum Gasteiger partial charge on any atom is 0.253 e. The first-order valence-electron chi connectivity index (χ1n) is 9.99. The molecule has 0 amide bonds. The molecule has 0 aromatic carbocycles. The number of thioether (sulfide) groups is 1. The number of nitriles is 1. The minimum Gasteiger partial charge on any atom is -0.378 e. The highest BCUT2D eigenvalue weighted by Crippen LogP contribution is 2.52. The SMILES string of the molecule is C[C@H]1[C@@](C)(c2cc(Nc3nccc4cc(C#N)cnc34)cnc2F)N=C(N)S[C@]1(C)C(F)F. The van der Waals surface area contributed by atoms with Crippen LogP contribution < -0.4 is 11.1 Å². The molecule has 3 aromatic rings. The molecule has 4 heterocycles. The zero-order chi connectivity index (χ0) is 24.0. The number of pyridine rings is 3. The number of hydrogen-bond donors (Lipinski definition) is 2. The first kappa shape index (κ1) is 22.8. The number of alkyl halides is 2. The summed E-state index contributed by atoms with van der Waals surface area (Å²) in [5.74, 6) is -1.22. The van der Waals surface area contributed by atoms with Gasteiger partial charge in [0, 0.05) is 29.3 Å². The highest BCUT2D eigenvalue weighted by molar-refractivity contribution is 8.15. The predicted octanol–water partition coefficient (Wildman–Crippen LogP) is 4.72. The van der Waals surface area contributed by atoms with Crippen LogP contribution in [0.5, 0.6) is 0 Å². The third kappa shape index (κ3) is 3.84. The van der Waals surface area contributed by atoms with Gasteiger partial charge < -0.3 is 11.1 Å².